The van der Waals surface area contributed by atoms with E-state index in [2.05, 4.69) is 10.2 Å². The number of hydrogen-bond donors (Lipinski definition) is 2. The van der Waals surface area contributed by atoms with Crippen LogP contribution in [0.1, 0.15) is 70.7 Å². The van der Waals surface area contributed by atoms with E-state index in [4.69, 9.17) is 9.47 Å². The number of rotatable bonds is 9. The van der Waals surface area contributed by atoms with Crippen LogP contribution in [0.15, 0.2) is 72.8 Å². The molecule has 3 atom stereocenters. The molecule has 48 heavy (non-hydrogen) atoms. The second-order valence-corrected chi connectivity index (χ2v) is 12.2. The molecule has 252 valence electrons. The van der Waals surface area contributed by atoms with Crippen LogP contribution in [0.4, 0.5) is 22.0 Å². The molecule has 0 unspecified atom stereocenters. The highest BCUT2D eigenvalue weighted by Crippen LogP contribution is 2.39. The topological polar surface area (TPSA) is 71.0 Å². The zero-order valence-corrected chi connectivity index (χ0v) is 26.0. The van der Waals surface area contributed by atoms with E-state index in [1.54, 1.807) is 18.2 Å². The van der Waals surface area contributed by atoms with Gasteiger partial charge >= 0.3 is 0 Å². The number of ether oxygens (including phenoxy) is 2. The molecule has 0 spiro atoms. The summed E-state index contributed by atoms with van der Waals surface area (Å²) in [7, 11) is 0. The third kappa shape index (κ3) is 7.44. The number of aliphatic hydroxyl groups is 1. The second kappa shape index (κ2) is 14.9. The molecule has 11 heteroatoms. The summed E-state index contributed by atoms with van der Waals surface area (Å²) >= 11 is 0. The summed E-state index contributed by atoms with van der Waals surface area (Å²) in [6, 6.07) is 22.4. The van der Waals surface area contributed by atoms with Gasteiger partial charge in [-0.25, -0.2) is 22.0 Å². The first-order chi connectivity index (χ1) is 23.2. The number of benzene rings is 4. The van der Waals surface area contributed by atoms with Crippen LogP contribution in [-0.4, -0.2) is 41.7 Å². The van der Waals surface area contributed by atoms with Gasteiger partial charge in [0, 0.05) is 25.1 Å². The van der Waals surface area contributed by atoms with Crippen molar-refractivity contribution < 1.29 is 41.3 Å². The Morgan fingerprint density at radius 1 is 0.750 bits per heavy atom. The van der Waals surface area contributed by atoms with Crippen molar-refractivity contribution in [2.45, 2.75) is 57.3 Å². The third-order valence-corrected chi connectivity index (χ3v) is 8.83. The first-order valence-electron chi connectivity index (χ1n) is 15.9. The van der Waals surface area contributed by atoms with Gasteiger partial charge < -0.3 is 24.8 Å². The van der Waals surface area contributed by atoms with Gasteiger partial charge in [0.05, 0.1) is 18.8 Å². The molecule has 0 saturated carbocycles. The molecule has 2 aliphatic rings. The quantitative estimate of drug-likeness (QED) is 0.110. The van der Waals surface area contributed by atoms with Crippen LogP contribution in [0.5, 0.6) is 0 Å². The van der Waals surface area contributed by atoms with E-state index < -0.39 is 46.8 Å². The summed E-state index contributed by atoms with van der Waals surface area (Å²) in [5.74, 6) is -12.5. The monoisotopic (exact) mass is 666 g/mol. The Hall–Kier alpha value is -4.16. The summed E-state index contributed by atoms with van der Waals surface area (Å²) in [6.45, 7) is 2.60. The fourth-order valence-electron chi connectivity index (χ4n) is 6.26. The predicted molar refractivity (Wildman–Crippen MR) is 168 cm³/mol. The highest BCUT2D eigenvalue weighted by atomic mass is 19.2. The Labute approximate surface area is 275 Å². The molecule has 0 aliphatic carbocycles. The molecule has 4 aromatic rings. The lowest BCUT2D eigenvalue weighted by Gasteiger charge is -2.39. The van der Waals surface area contributed by atoms with Gasteiger partial charge in [-0.2, -0.15) is 0 Å². The minimum Gasteiger partial charge on any atom is -0.392 e. The van der Waals surface area contributed by atoms with Gasteiger partial charge in [-0.3, -0.25) is 4.79 Å². The number of nitrogens with one attached hydrogen (secondary N) is 1. The second-order valence-electron chi connectivity index (χ2n) is 12.2. The Kier molecular flexibility index (Phi) is 10.5. The average Bonchev–Trinajstić information content (AvgIpc) is 3.13. The zero-order valence-electron chi connectivity index (χ0n) is 26.0. The molecule has 1 amide bonds. The van der Waals surface area contributed by atoms with Crippen LogP contribution in [0.2, 0.25) is 0 Å². The maximum atomic E-state index is 14.1. The van der Waals surface area contributed by atoms with Gasteiger partial charge in [0.2, 0.25) is 5.82 Å². The number of nitrogens with zero attached hydrogens (tertiary/aromatic N) is 1. The minimum atomic E-state index is -2.33. The van der Waals surface area contributed by atoms with Crippen molar-refractivity contribution >= 4 is 5.91 Å². The standard InChI is InChI=1S/C37H35F5N2O4/c38-31-30(32(39)34(41)35(42)33(31)40)36(46)43-19-23-6-4-7-25(16-23)26-8-5-9-27(17-26)37-47-28(20-44-14-2-1-3-15-44)18-29(48-37)24-12-10-22(21-45)11-13-24/h4-13,16-17,28-29,37,45H,1-3,14-15,18-21H2,(H,43,46)/t28-,29+,37+/m1/s1. The van der Waals surface area contributed by atoms with Crippen LogP contribution in [-0.2, 0) is 22.6 Å². The average molecular weight is 667 g/mol. The Bertz CT molecular complexity index is 1730. The van der Waals surface area contributed by atoms with Gasteiger partial charge in [0.25, 0.3) is 5.91 Å². The van der Waals surface area contributed by atoms with E-state index in [1.807, 2.05) is 54.6 Å². The van der Waals surface area contributed by atoms with Crippen molar-refractivity contribution in [1.29, 1.82) is 0 Å². The number of carbonyl (C=O) groups is 1. The number of aliphatic hydroxyl groups excluding tert-OH is 1. The molecule has 0 radical (unpaired) electrons. The van der Waals surface area contributed by atoms with Crippen molar-refractivity contribution in [3.05, 3.63) is 130 Å². The molecule has 2 N–H and O–H groups in total. The van der Waals surface area contributed by atoms with E-state index in [9.17, 15) is 31.9 Å². The predicted octanol–water partition coefficient (Wildman–Crippen LogP) is 7.50. The number of piperidine rings is 1. The molecule has 2 heterocycles. The maximum absolute atomic E-state index is 14.1. The van der Waals surface area contributed by atoms with E-state index in [-0.39, 0.29) is 25.4 Å². The van der Waals surface area contributed by atoms with Gasteiger partial charge in [0.15, 0.2) is 29.6 Å². The van der Waals surface area contributed by atoms with Crippen LogP contribution >= 0.6 is 0 Å². The largest absolute Gasteiger partial charge is 0.392 e. The molecule has 4 aromatic carbocycles. The smallest absolute Gasteiger partial charge is 0.257 e. The van der Waals surface area contributed by atoms with E-state index in [0.717, 1.165) is 47.5 Å². The number of amides is 1. The lowest BCUT2D eigenvalue weighted by molar-refractivity contribution is -0.253. The van der Waals surface area contributed by atoms with E-state index in [0.29, 0.717) is 12.0 Å². The number of carbonyl (C=O) groups excluding carboxylic acids is 1. The van der Waals surface area contributed by atoms with Gasteiger partial charge in [-0.1, -0.05) is 67.1 Å². The van der Waals surface area contributed by atoms with Crippen LogP contribution in [0.3, 0.4) is 0 Å². The van der Waals surface area contributed by atoms with Crippen LogP contribution in [0.25, 0.3) is 11.1 Å². The van der Waals surface area contributed by atoms with Crippen molar-refractivity contribution in [2.24, 2.45) is 0 Å². The fourth-order valence-corrected chi connectivity index (χ4v) is 6.26. The highest BCUT2D eigenvalue weighted by molar-refractivity contribution is 5.94. The van der Waals surface area contributed by atoms with Crippen molar-refractivity contribution in [3.63, 3.8) is 0 Å². The zero-order chi connectivity index (χ0) is 33.8. The van der Waals surface area contributed by atoms with Crippen LogP contribution < -0.4 is 5.32 Å². The first kappa shape index (κ1) is 33.7. The van der Waals surface area contributed by atoms with Gasteiger partial charge in [-0.15, -0.1) is 0 Å². The maximum Gasteiger partial charge on any atom is 0.257 e. The Morgan fingerprint density at radius 2 is 1.40 bits per heavy atom. The Morgan fingerprint density at radius 3 is 2.08 bits per heavy atom. The molecule has 0 bridgehead atoms. The molecule has 6 rings (SSSR count). The molecular weight excluding hydrogens is 631 g/mol. The van der Waals surface area contributed by atoms with Gasteiger partial charge in [0.1, 0.15) is 5.56 Å². The summed E-state index contributed by atoms with van der Waals surface area (Å²) < 4.78 is 82.0. The normalized spacial score (nSPS) is 20.1. The third-order valence-electron chi connectivity index (χ3n) is 8.83. The van der Waals surface area contributed by atoms with Crippen LogP contribution in [0, 0.1) is 29.1 Å². The molecule has 2 aliphatic heterocycles. The molecular formula is C37H35F5N2O4. The van der Waals surface area contributed by atoms with E-state index in [1.165, 1.54) is 19.3 Å². The minimum absolute atomic E-state index is 0.0409. The van der Waals surface area contributed by atoms with Crippen molar-refractivity contribution in [2.75, 3.05) is 19.6 Å². The lowest BCUT2D eigenvalue weighted by atomic mass is 9.98. The summed E-state index contributed by atoms with van der Waals surface area (Å²) in [4.78, 5) is 14.9. The number of hydrogen-bond acceptors (Lipinski definition) is 5. The molecule has 2 saturated heterocycles. The first-order valence-corrected chi connectivity index (χ1v) is 15.9. The van der Waals surface area contributed by atoms with Crippen molar-refractivity contribution in [3.8, 4) is 11.1 Å². The van der Waals surface area contributed by atoms with E-state index >= 15 is 0 Å². The summed E-state index contributed by atoms with van der Waals surface area (Å²) in [6.07, 6.45) is 3.31. The molecule has 2 fully saturated rings. The lowest BCUT2D eigenvalue weighted by Crippen LogP contribution is -2.41. The molecule has 0 aromatic heterocycles. The highest BCUT2D eigenvalue weighted by Gasteiger charge is 2.34. The van der Waals surface area contributed by atoms with Gasteiger partial charge in [-0.05, 0) is 65.9 Å². The SMILES string of the molecule is O=C(NCc1cccc(-c2cccc([C@H]3O[C@@H](CN4CCCCC4)C[C@@H](c4ccc(CO)cc4)O3)c2)c1)c1c(F)c(F)c(F)c(F)c1F. The Balaban J connectivity index is 1.20. The summed E-state index contributed by atoms with van der Waals surface area (Å²) in [5.41, 5.74) is 3.20. The summed E-state index contributed by atoms with van der Waals surface area (Å²) in [5, 5.41) is 11.7. The number of halogens is 5. The number of likely N-dealkylation sites (tertiary alicyclic amines) is 1. The van der Waals surface area contributed by atoms with Crippen molar-refractivity contribution in [1.82, 2.24) is 10.2 Å². The fraction of sp³-hybridized carbons (Fsp3) is 0.324. The molecule has 6 nitrogen and oxygen atoms in total.